The molecule has 3 rings (SSSR count). The molecule has 0 saturated carbocycles. The van der Waals surface area contributed by atoms with Crippen molar-refractivity contribution in [2.24, 2.45) is 0 Å². The molecule has 0 aliphatic rings. The fourth-order valence-electron chi connectivity index (χ4n) is 1.54. The van der Waals surface area contributed by atoms with E-state index in [1.54, 1.807) is 12.1 Å². The molecule has 3 aromatic rings. The number of halogens is 1. The van der Waals surface area contributed by atoms with Crippen molar-refractivity contribution in [3.63, 3.8) is 0 Å². The van der Waals surface area contributed by atoms with Gasteiger partial charge in [0.1, 0.15) is 5.82 Å². The molecule has 2 aromatic heterocycles. The lowest BCUT2D eigenvalue weighted by Crippen LogP contribution is -1.97. The largest absolute Gasteiger partial charge is 0.492 e. The number of rotatable bonds is 2. The molecule has 6 nitrogen and oxygen atoms in total. The van der Waals surface area contributed by atoms with E-state index >= 15 is 0 Å². The summed E-state index contributed by atoms with van der Waals surface area (Å²) in [7, 11) is 0. The first kappa shape index (κ1) is 10.5. The maximum absolute atomic E-state index is 12.7. The van der Waals surface area contributed by atoms with Gasteiger partial charge in [-0.2, -0.15) is 9.97 Å². The third-order valence-electron chi connectivity index (χ3n) is 2.36. The maximum Gasteiger partial charge on any atom is 0.244 e. The lowest BCUT2D eigenvalue weighted by atomic mass is 10.3. The van der Waals surface area contributed by atoms with Crippen molar-refractivity contribution in [2.75, 3.05) is 5.32 Å². The van der Waals surface area contributed by atoms with Crippen LogP contribution in [0, 0.1) is 5.82 Å². The number of fused-ring (bicyclic) bond motifs is 1. The molecule has 0 amide bonds. The molecule has 90 valence electrons. The Balaban J connectivity index is 1.97. The quantitative estimate of drug-likeness (QED) is 0.642. The predicted octanol–water partition coefficient (Wildman–Crippen LogP) is 1.94. The van der Waals surface area contributed by atoms with Crippen LogP contribution >= 0.6 is 0 Å². The average Bonchev–Trinajstić information content (AvgIpc) is 2.81. The Kier molecular flexibility index (Phi) is 2.30. The maximum atomic E-state index is 12.7. The van der Waals surface area contributed by atoms with Crippen LogP contribution in [-0.4, -0.2) is 25.0 Å². The van der Waals surface area contributed by atoms with E-state index in [1.165, 1.54) is 18.5 Å². The smallest absolute Gasteiger partial charge is 0.244 e. The minimum Gasteiger partial charge on any atom is -0.492 e. The molecule has 0 atom stereocenters. The van der Waals surface area contributed by atoms with E-state index in [2.05, 4.69) is 25.3 Å². The summed E-state index contributed by atoms with van der Waals surface area (Å²) in [5, 5.41) is 12.5. The topological polar surface area (TPSA) is 86.7 Å². The van der Waals surface area contributed by atoms with Crippen LogP contribution < -0.4 is 5.32 Å². The summed E-state index contributed by atoms with van der Waals surface area (Å²) in [6.07, 6.45) is 1.42. The number of anilines is 2. The number of aromatic nitrogens is 4. The number of H-pyrrole nitrogens is 1. The summed E-state index contributed by atoms with van der Waals surface area (Å²) in [5.41, 5.74) is 1.35. The van der Waals surface area contributed by atoms with Crippen molar-refractivity contribution in [1.82, 2.24) is 19.9 Å². The first-order valence-corrected chi connectivity index (χ1v) is 5.15. The zero-order chi connectivity index (χ0) is 12.5. The first-order chi connectivity index (χ1) is 8.72. The van der Waals surface area contributed by atoms with E-state index in [4.69, 9.17) is 0 Å². The van der Waals surface area contributed by atoms with Gasteiger partial charge in [-0.25, -0.2) is 9.37 Å². The fraction of sp³-hybridized carbons (Fsp3) is 0. The molecule has 2 heterocycles. The predicted molar refractivity (Wildman–Crippen MR) is 63.0 cm³/mol. The van der Waals surface area contributed by atoms with Crippen molar-refractivity contribution in [1.29, 1.82) is 0 Å². The van der Waals surface area contributed by atoms with Crippen LogP contribution in [0.25, 0.3) is 11.2 Å². The highest BCUT2D eigenvalue weighted by Crippen LogP contribution is 2.21. The number of aromatic amines is 1. The van der Waals surface area contributed by atoms with E-state index in [1.807, 2.05) is 0 Å². The molecule has 3 N–H and O–H groups in total. The number of benzene rings is 1. The number of imidazole rings is 1. The first-order valence-electron chi connectivity index (χ1n) is 5.15. The van der Waals surface area contributed by atoms with E-state index < -0.39 is 0 Å². The molecular weight excluding hydrogens is 237 g/mol. The third kappa shape index (κ3) is 1.81. The van der Waals surface area contributed by atoms with Crippen molar-refractivity contribution in [3.05, 3.63) is 36.4 Å². The fourth-order valence-corrected chi connectivity index (χ4v) is 1.54. The van der Waals surface area contributed by atoms with Gasteiger partial charge in [0, 0.05) is 5.69 Å². The lowest BCUT2D eigenvalue weighted by molar-refractivity contribution is 0.459. The minimum atomic E-state index is -0.326. The summed E-state index contributed by atoms with van der Waals surface area (Å²) in [6, 6.07) is 5.73. The molecule has 1 aromatic carbocycles. The lowest BCUT2D eigenvalue weighted by Gasteiger charge is -2.04. The highest BCUT2D eigenvalue weighted by atomic mass is 19.1. The van der Waals surface area contributed by atoms with Gasteiger partial charge in [0.05, 0.1) is 6.33 Å². The van der Waals surface area contributed by atoms with E-state index in [0.717, 1.165) is 0 Å². The molecule has 0 aliphatic carbocycles. The van der Waals surface area contributed by atoms with Gasteiger partial charge in [0.15, 0.2) is 11.2 Å². The van der Waals surface area contributed by atoms with Gasteiger partial charge in [-0.05, 0) is 24.3 Å². The van der Waals surface area contributed by atoms with E-state index in [0.29, 0.717) is 16.9 Å². The van der Waals surface area contributed by atoms with Crippen LogP contribution in [0.5, 0.6) is 5.88 Å². The summed E-state index contributed by atoms with van der Waals surface area (Å²) in [6.45, 7) is 0. The Hall–Kier alpha value is -2.70. The summed E-state index contributed by atoms with van der Waals surface area (Å²) >= 11 is 0. The number of aromatic hydroxyl groups is 1. The van der Waals surface area contributed by atoms with Crippen molar-refractivity contribution in [3.8, 4) is 5.88 Å². The second-order valence-electron chi connectivity index (χ2n) is 3.60. The minimum absolute atomic E-state index is 0.204. The third-order valence-corrected chi connectivity index (χ3v) is 2.36. The Morgan fingerprint density at radius 3 is 2.72 bits per heavy atom. The van der Waals surface area contributed by atoms with Crippen molar-refractivity contribution in [2.45, 2.75) is 0 Å². The molecule has 0 spiro atoms. The SMILES string of the molecule is Oc1nc(Nc2ccc(F)cc2)nc2[nH]cnc12. The van der Waals surface area contributed by atoms with Crippen molar-refractivity contribution >= 4 is 22.8 Å². The highest BCUT2D eigenvalue weighted by Gasteiger charge is 2.08. The van der Waals surface area contributed by atoms with Gasteiger partial charge in [-0.1, -0.05) is 0 Å². The second kappa shape index (κ2) is 3.95. The Labute approximate surface area is 101 Å². The van der Waals surface area contributed by atoms with Crippen LogP contribution in [-0.2, 0) is 0 Å². The van der Waals surface area contributed by atoms with Crippen LogP contribution in [0.3, 0.4) is 0 Å². The zero-order valence-corrected chi connectivity index (χ0v) is 9.05. The van der Waals surface area contributed by atoms with Crippen LogP contribution in [0.2, 0.25) is 0 Å². The molecule has 0 fully saturated rings. The normalized spacial score (nSPS) is 10.7. The number of nitrogens with zero attached hydrogens (tertiary/aromatic N) is 3. The Morgan fingerprint density at radius 1 is 1.17 bits per heavy atom. The van der Waals surface area contributed by atoms with Gasteiger partial charge in [0.25, 0.3) is 0 Å². The van der Waals surface area contributed by atoms with E-state index in [9.17, 15) is 9.50 Å². The number of hydrogen-bond donors (Lipinski definition) is 3. The summed E-state index contributed by atoms with van der Waals surface area (Å²) in [5.74, 6) is -0.338. The number of hydrogen-bond acceptors (Lipinski definition) is 5. The Morgan fingerprint density at radius 2 is 1.94 bits per heavy atom. The van der Waals surface area contributed by atoms with Gasteiger partial charge >= 0.3 is 0 Å². The molecular formula is C11H8FN5O. The zero-order valence-electron chi connectivity index (χ0n) is 9.05. The molecule has 7 heteroatoms. The average molecular weight is 245 g/mol. The monoisotopic (exact) mass is 245 g/mol. The van der Waals surface area contributed by atoms with Gasteiger partial charge in [0.2, 0.25) is 11.8 Å². The van der Waals surface area contributed by atoms with Crippen molar-refractivity contribution < 1.29 is 9.50 Å². The van der Waals surface area contributed by atoms with Crippen LogP contribution in [0.15, 0.2) is 30.6 Å². The molecule has 18 heavy (non-hydrogen) atoms. The highest BCUT2D eigenvalue weighted by molar-refractivity contribution is 5.77. The van der Waals surface area contributed by atoms with Gasteiger partial charge < -0.3 is 15.4 Å². The second-order valence-corrected chi connectivity index (χ2v) is 3.60. The molecule has 0 bridgehead atoms. The van der Waals surface area contributed by atoms with Crippen LogP contribution in [0.4, 0.5) is 16.0 Å². The molecule has 0 radical (unpaired) electrons. The van der Waals surface area contributed by atoms with Crippen LogP contribution in [0.1, 0.15) is 0 Å². The van der Waals surface area contributed by atoms with Gasteiger partial charge in [-0.15, -0.1) is 0 Å². The molecule has 0 saturated heterocycles. The summed E-state index contributed by atoms with van der Waals surface area (Å²) < 4.78 is 12.7. The Bertz CT molecular complexity index is 694. The molecule has 0 unspecified atom stereocenters. The standard InChI is InChI=1S/C11H8FN5O/c12-6-1-3-7(4-2-6)15-11-16-9-8(10(18)17-11)13-5-14-9/h1-5H,(H3,13,14,15,16,17,18). The molecule has 0 aliphatic heterocycles. The number of nitrogens with one attached hydrogen (secondary N) is 2. The summed E-state index contributed by atoms with van der Waals surface area (Å²) in [4.78, 5) is 14.6. The van der Waals surface area contributed by atoms with Gasteiger partial charge in [-0.3, -0.25) is 0 Å². The van der Waals surface area contributed by atoms with E-state index in [-0.39, 0.29) is 17.6 Å².